The summed E-state index contributed by atoms with van der Waals surface area (Å²) in [4.78, 5) is 22.4. The lowest BCUT2D eigenvalue weighted by molar-refractivity contribution is -0.384. The Hall–Kier alpha value is -3.26. The number of thioether (sulfide) groups is 1. The molecule has 3 rings (SSSR count). The number of rotatable bonds is 8. The van der Waals surface area contributed by atoms with Crippen LogP contribution in [0.2, 0.25) is 0 Å². The molecule has 0 spiro atoms. The summed E-state index contributed by atoms with van der Waals surface area (Å²) in [5.74, 6) is 0.904. The lowest BCUT2D eigenvalue weighted by Gasteiger charge is -2.18. The van der Waals surface area contributed by atoms with Crippen LogP contribution in [0, 0.1) is 10.1 Å². The fourth-order valence-electron chi connectivity index (χ4n) is 2.48. The Labute approximate surface area is 171 Å². The summed E-state index contributed by atoms with van der Waals surface area (Å²) >= 11 is 1.24. The van der Waals surface area contributed by atoms with Crippen LogP contribution in [0.3, 0.4) is 0 Å². The number of carbonyl (C=O) groups is 1. The van der Waals surface area contributed by atoms with Crippen LogP contribution in [0.25, 0.3) is 11.3 Å². The third-order valence-electron chi connectivity index (χ3n) is 4.10. The number of hydrogen-bond acceptors (Lipinski definition) is 6. The van der Waals surface area contributed by atoms with Gasteiger partial charge in [0.2, 0.25) is 0 Å². The number of carboxylic acids is 1. The van der Waals surface area contributed by atoms with Crippen molar-refractivity contribution < 1.29 is 24.0 Å². The van der Waals surface area contributed by atoms with Crippen molar-refractivity contribution >= 4 is 23.4 Å². The van der Waals surface area contributed by atoms with E-state index in [0.717, 1.165) is 10.5 Å². The van der Waals surface area contributed by atoms with E-state index in [9.17, 15) is 20.0 Å². The smallest absolute Gasteiger partial charge is 0.319 e. The van der Waals surface area contributed by atoms with Crippen LogP contribution in [0.5, 0.6) is 5.75 Å². The number of ether oxygens (including phenoxy) is 1. The van der Waals surface area contributed by atoms with E-state index in [-0.39, 0.29) is 12.3 Å². The zero-order valence-corrected chi connectivity index (χ0v) is 16.6. The molecule has 1 N–H and O–H groups in total. The first-order chi connectivity index (χ1) is 13.7. The molecule has 150 valence electrons. The number of nitrogens with zero attached hydrogens (tertiary/aromatic N) is 1. The highest BCUT2D eigenvalue weighted by molar-refractivity contribution is 8.01. The molecule has 1 heterocycles. The average molecular weight is 413 g/mol. The molecule has 0 amide bonds. The van der Waals surface area contributed by atoms with Gasteiger partial charge in [0.15, 0.2) is 0 Å². The van der Waals surface area contributed by atoms with E-state index in [1.54, 1.807) is 56.3 Å². The third-order valence-corrected chi connectivity index (χ3v) is 5.27. The van der Waals surface area contributed by atoms with E-state index in [1.165, 1.54) is 23.9 Å². The second-order valence-corrected chi connectivity index (χ2v) is 8.45. The molecule has 0 fully saturated rings. The van der Waals surface area contributed by atoms with E-state index in [0.29, 0.717) is 17.3 Å². The SMILES string of the molecule is CC(C)(Sc1cccc(OCc2ccc(-c3ccc([N+](=O)[O-])cc3)o2)c1)C(=O)O. The van der Waals surface area contributed by atoms with Gasteiger partial charge in [-0.1, -0.05) is 6.07 Å². The molecule has 29 heavy (non-hydrogen) atoms. The van der Waals surface area contributed by atoms with E-state index in [1.807, 2.05) is 6.07 Å². The van der Waals surface area contributed by atoms with Crippen LogP contribution in [-0.2, 0) is 11.4 Å². The number of nitro benzene ring substituents is 1. The monoisotopic (exact) mass is 413 g/mol. The third kappa shape index (κ3) is 5.17. The molecule has 3 aromatic rings. The first-order valence-corrected chi connectivity index (χ1v) is 9.55. The van der Waals surface area contributed by atoms with E-state index in [4.69, 9.17) is 9.15 Å². The highest BCUT2D eigenvalue weighted by Gasteiger charge is 2.28. The highest BCUT2D eigenvalue weighted by Crippen LogP contribution is 2.34. The van der Waals surface area contributed by atoms with Crippen LogP contribution in [-0.4, -0.2) is 20.7 Å². The Balaban J connectivity index is 1.64. The summed E-state index contributed by atoms with van der Waals surface area (Å²) in [6, 6.07) is 16.9. The van der Waals surface area contributed by atoms with Gasteiger partial charge in [-0.15, -0.1) is 11.8 Å². The van der Waals surface area contributed by atoms with Crippen molar-refractivity contribution in [3.63, 3.8) is 0 Å². The number of hydrogen-bond donors (Lipinski definition) is 1. The highest BCUT2D eigenvalue weighted by atomic mass is 32.2. The Morgan fingerprint density at radius 2 is 1.90 bits per heavy atom. The number of nitro groups is 1. The van der Waals surface area contributed by atoms with E-state index < -0.39 is 15.6 Å². The van der Waals surface area contributed by atoms with E-state index >= 15 is 0 Å². The molecule has 7 nitrogen and oxygen atoms in total. The van der Waals surface area contributed by atoms with Crippen LogP contribution >= 0.6 is 11.8 Å². The lowest BCUT2D eigenvalue weighted by Crippen LogP contribution is -2.26. The Bertz CT molecular complexity index is 1030. The topological polar surface area (TPSA) is 103 Å². The number of carboxylic acid groups (broad SMARTS) is 1. The number of non-ortho nitro benzene ring substituents is 1. The average Bonchev–Trinajstić information content (AvgIpc) is 3.15. The molecule has 0 saturated heterocycles. The van der Waals surface area contributed by atoms with Gasteiger partial charge in [0.05, 0.1) is 4.92 Å². The predicted octanol–water partition coefficient (Wildman–Crippen LogP) is 5.39. The summed E-state index contributed by atoms with van der Waals surface area (Å²) in [6.07, 6.45) is 0. The zero-order valence-electron chi connectivity index (χ0n) is 15.8. The van der Waals surface area contributed by atoms with Crippen molar-refractivity contribution in [2.45, 2.75) is 30.1 Å². The molecule has 0 saturated carbocycles. The molecule has 8 heteroatoms. The molecule has 1 aromatic heterocycles. The molecule has 0 aliphatic rings. The van der Waals surface area contributed by atoms with Gasteiger partial charge in [0.1, 0.15) is 28.6 Å². The predicted molar refractivity (Wildman–Crippen MR) is 109 cm³/mol. The van der Waals surface area contributed by atoms with E-state index in [2.05, 4.69) is 0 Å². The normalized spacial score (nSPS) is 11.2. The zero-order chi connectivity index (χ0) is 21.0. The molecule has 0 unspecified atom stereocenters. The maximum absolute atomic E-state index is 11.3. The van der Waals surface area contributed by atoms with Crippen molar-refractivity contribution in [3.05, 3.63) is 76.5 Å². The van der Waals surface area contributed by atoms with Gasteiger partial charge in [0.25, 0.3) is 5.69 Å². The Morgan fingerprint density at radius 1 is 1.17 bits per heavy atom. The minimum atomic E-state index is -0.945. The minimum absolute atomic E-state index is 0.0210. The Kier molecular flexibility index (Phi) is 5.93. The van der Waals surface area contributed by atoms with Gasteiger partial charge in [0, 0.05) is 22.6 Å². The van der Waals surface area contributed by atoms with Crippen LogP contribution in [0.15, 0.2) is 70.0 Å². The molecule has 0 aliphatic heterocycles. The second-order valence-electron chi connectivity index (χ2n) is 6.75. The van der Waals surface area contributed by atoms with Gasteiger partial charge in [-0.3, -0.25) is 14.9 Å². The van der Waals surface area contributed by atoms with Crippen molar-refractivity contribution in [2.24, 2.45) is 0 Å². The molecule has 0 atom stereocenters. The summed E-state index contributed by atoms with van der Waals surface area (Å²) in [7, 11) is 0. The lowest BCUT2D eigenvalue weighted by atomic mass is 10.1. The Morgan fingerprint density at radius 3 is 2.55 bits per heavy atom. The van der Waals surface area contributed by atoms with Crippen LogP contribution < -0.4 is 4.74 Å². The number of furan rings is 1. The maximum Gasteiger partial charge on any atom is 0.319 e. The maximum atomic E-state index is 11.3. The van der Waals surface area contributed by atoms with Crippen LogP contribution in [0.4, 0.5) is 5.69 Å². The molecular formula is C21H19NO6S. The standard InChI is InChI=1S/C21H19NO6S/c1-21(2,20(23)24)29-18-5-3-4-16(12-18)27-13-17-10-11-19(28-17)14-6-8-15(9-7-14)22(25)26/h3-12H,13H2,1-2H3,(H,23,24). The molecule has 2 aromatic carbocycles. The first-order valence-electron chi connectivity index (χ1n) is 8.73. The van der Waals surface area contributed by atoms with Crippen molar-refractivity contribution in [1.29, 1.82) is 0 Å². The molecule has 0 radical (unpaired) electrons. The van der Waals surface area contributed by atoms with Gasteiger partial charge < -0.3 is 14.3 Å². The van der Waals surface area contributed by atoms with Crippen molar-refractivity contribution in [3.8, 4) is 17.1 Å². The molecule has 0 bridgehead atoms. The largest absolute Gasteiger partial charge is 0.486 e. The summed E-state index contributed by atoms with van der Waals surface area (Å²) in [5, 5.41) is 20.0. The fraction of sp³-hybridized carbons (Fsp3) is 0.190. The summed E-state index contributed by atoms with van der Waals surface area (Å²) in [5.41, 5.74) is 0.754. The quantitative estimate of drug-likeness (QED) is 0.300. The van der Waals surface area contributed by atoms with Crippen LogP contribution in [0.1, 0.15) is 19.6 Å². The van der Waals surface area contributed by atoms with Crippen molar-refractivity contribution in [1.82, 2.24) is 0 Å². The van der Waals surface area contributed by atoms with Gasteiger partial charge >= 0.3 is 5.97 Å². The molecular weight excluding hydrogens is 394 g/mol. The summed E-state index contributed by atoms with van der Waals surface area (Å²) in [6.45, 7) is 3.50. The van der Waals surface area contributed by atoms with Gasteiger partial charge in [-0.25, -0.2) is 0 Å². The second kappa shape index (κ2) is 8.40. The van der Waals surface area contributed by atoms with Crippen molar-refractivity contribution in [2.75, 3.05) is 0 Å². The summed E-state index contributed by atoms with van der Waals surface area (Å²) < 4.78 is 10.6. The van der Waals surface area contributed by atoms with Gasteiger partial charge in [-0.05, 0) is 56.3 Å². The first kappa shape index (κ1) is 20.5. The molecule has 0 aliphatic carbocycles. The number of aliphatic carboxylic acids is 1. The minimum Gasteiger partial charge on any atom is -0.486 e. The number of benzene rings is 2. The van der Waals surface area contributed by atoms with Gasteiger partial charge in [-0.2, -0.15) is 0 Å². The fourth-order valence-corrected chi connectivity index (χ4v) is 3.48.